The normalized spacial score (nSPS) is 14.0. The number of carbonyl (C=O) groups is 2. The number of carbonyl (C=O) groups excluding carboxylic acids is 2. The van der Waals surface area contributed by atoms with Gasteiger partial charge in [-0.05, 0) is 30.9 Å². The number of urea groups is 1. The van der Waals surface area contributed by atoms with Crippen molar-refractivity contribution in [1.82, 2.24) is 15.5 Å². The molecule has 114 valence electrons. The van der Waals surface area contributed by atoms with Gasteiger partial charge in [0, 0.05) is 32.6 Å². The summed E-state index contributed by atoms with van der Waals surface area (Å²) in [7, 11) is 0. The minimum absolute atomic E-state index is 0.131. The largest absolute Gasteiger partial charge is 0.343 e. The molecule has 1 aromatic carbocycles. The van der Waals surface area contributed by atoms with Crippen LogP contribution in [-0.4, -0.2) is 36.5 Å². The van der Waals surface area contributed by atoms with Crippen molar-refractivity contribution in [3.63, 3.8) is 0 Å². The molecule has 0 bridgehead atoms. The van der Waals surface area contributed by atoms with Gasteiger partial charge in [-0.25, -0.2) is 4.79 Å². The number of aryl methyl sites for hydroxylation is 1. The molecule has 0 spiro atoms. The minimum atomic E-state index is -0.229. The Bertz CT molecular complexity index is 496. The van der Waals surface area contributed by atoms with Crippen LogP contribution in [-0.2, 0) is 11.3 Å². The van der Waals surface area contributed by atoms with Gasteiger partial charge in [-0.2, -0.15) is 0 Å². The summed E-state index contributed by atoms with van der Waals surface area (Å²) in [4.78, 5) is 25.4. The highest BCUT2D eigenvalue weighted by atomic mass is 16.2. The molecule has 0 saturated carbocycles. The van der Waals surface area contributed by atoms with Gasteiger partial charge in [0.2, 0.25) is 5.91 Å². The first kappa shape index (κ1) is 15.4. The van der Waals surface area contributed by atoms with Crippen molar-refractivity contribution in [3.05, 3.63) is 35.4 Å². The van der Waals surface area contributed by atoms with Crippen molar-refractivity contribution in [1.29, 1.82) is 0 Å². The summed E-state index contributed by atoms with van der Waals surface area (Å²) in [6.45, 7) is 4.62. The third-order valence-corrected chi connectivity index (χ3v) is 3.78. The molecule has 5 nitrogen and oxygen atoms in total. The molecule has 0 aliphatic carbocycles. The lowest BCUT2D eigenvalue weighted by atomic mass is 10.1. The Morgan fingerprint density at radius 1 is 1.14 bits per heavy atom. The number of benzene rings is 1. The van der Waals surface area contributed by atoms with E-state index < -0.39 is 0 Å². The van der Waals surface area contributed by atoms with Crippen LogP contribution < -0.4 is 10.6 Å². The van der Waals surface area contributed by atoms with Crippen LogP contribution in [0.2, 0.25) is 0 Å². The second-order valence-electron chi connectivity index (χ2n) is 5.37. The van der Waals surface area contributed by atoms with Crippen molar-refractivity contribution < 1.29 is 9.59 Å². The first-order valence-electron chi connectivity index (χ1n) is 7.51. The molecular weight excluding hydrogens is 266 g/mol. The van der Waals surface area contributed by atoms with Crippen LogP contribution in [0.25, 0.3) is 0 Å². The SMILES string of the molecule is Cc1ccccc1CNC(=O)NCCC(=O)N1CCCC1. The molecule has 1 saturated heterocycles. The maximum atomic E-state index is 11.8. The fraction of sp³-hybridized carbons (Fsp3) is 0.500. The fourth-order valence-corrected chi connectivity index (χ4v) is 2.45. The van der Waals surface area contributed by atoms with E-state index in [1.54, 1.807) is 0 Å². The number of amides is 3. The summed E-state index contributed by atoms with van der Waals surface area (Å²) < 4.78 is 0. The molecule has 1 aliphatic rings. The molecular formula is C16H23N3O2. The summed E-state index contributed by atoms with van der Waals surface area (Å²) in [6, 6.07) is 7.71. The molecule has 0 unspecified atom stereocenters. The van der Waals surface area contributed by atoms with Crippen LogP contribution in [0.5, 0.6) is 0 Å². The third kappa shape index (κ3) is 4.77. The number of hydrogen-bond acceptors (Lipinski definition) is 2. The molecule has 1 heterocycles. The van der Waals surface area contributed by atoms with E-state index in [4.69, 9.17) is 0 Å². The highest BCUT2D eigenvalue weighted by molar-refractivity contribution is 5.78. The van der Waals surface area contributed by atoms with E-state index >= 15 is 0 Å². The lowest BCUT2D eigenvalue weighted by Gasteiger charge is -2.15. The quantitative estimate of drug-likeness (QED) is 0.868. The van der Waals surface area contributed by atoms with Gasteiger partial charge in [0.05, 0.1) is 0 Å². The van der Waals surface area contributed by atoms with E-state index in [2.05, 4.69) is 10.6 Å². The second-order valence-corrected chi connectivity index (χ2v) is 5.37. The van der Waals surface area contributed by atoms with E-state index in [-0.39, 0.29) is 11.9 Å². The Kier molecular flexibility index (Phi) is 5.60. The fourth-order valence-electron chi connectivity index (χ4n) is 2.45. The maximum Gasteiger partial charge on any atom is 0.315 e. The van der Waals surface area contributed by atoms with Crippen molar-refractivity contribution in [2.45, 2.75) is 32.7 Å². The lowest BCUT2D eigenvalue weighted by Crippen LogP contribution is -2.38. The minimum Gasteiger partial charge on any atom is -0.343 e. The standard InChI is InChI=1S/C16H23N3O2/c1-13-6-2-3-7-14(13)12-18-16(21)17-9-8-15(20)19-10-4-5-11-19/h2-3,6-7H,4-5,8-12H2,1H3,(H2,17,18,21). The summed E-state index contributed by atoms with van der Waals surface area (Å²) in [5, 5.41) is 5.54. The van der Waals surface area contributed by atoms with Gasteiger partial charge in [0.25, 0.3) is 0 Å². The average Bonchev–Trinajstić information content (AvgIpc) is 3.00. The summed E-state index contributed by atoms with van der Waals surface area (Å²) in [6.07, 6.45) is 2.56. The topological polar surface area (TPSA) is 61.4 Å². The molecule has 5 heteroatoms. The van der Waals surface area contributed by atoms with Gasteiger partial charge >= 0.3 is 6.03 Å². The second kappa shape index (κ2) is 7.67. The smallest absolute Gasteiger partial charge is 0.315 e. The highest BCUT2D eigenvalue weighted by Gasteiger charge is 2.17. The maximum absolute atomic E-state index is 11.8. The molecule has 1 aromatic rings. The van der Waals surface area contributed by atoms with Crippen LogP contribution in [0.4, 0.5) is 4.79 Å². The molecule has 2 N–H and O–H groups in total. The Morgan fingerprint density at radius 2 is 1.86 bits per heavy atom. The summed E-state index contributed by atoms with van der Waals surface area (Å²) in [5.41, 5.74) is 2.25. The van der Waals surface area contributed by atoms with E-state index in [1.807, 2.05) is 36.1 Å². The number of nitrogens with zero attached hydrogens (tertiary/aromatic N) is 1. The van der Waals surface area contributed by atoms with Crippen LogP contribution in [0, 0.1) is 6.92 Å². The van der Waals surface area contributed by atoms with Crippen LogP contribution in [0.3, 0.4) is 0 Å². The molecule has 0 aromatic heterocycles. The molecule has 3 amide bonds. The molecule has 1 fully saturated rings. The van der Waals surface area contributed by atoms with Crippen molar-refractivity contribution in [2.75, 3.05) is 19.6 Å². The zero-order chi connectivity index (χ0) is 15.1. The van der Waals surface area contributed by atoms with Crippen molar-refractivity contribution in [3.8, 4) is 0 Å². The zero-order valence-electron chi connectivity index (χ0n) is 12.5. The van der Waals surface area contributed by atoms with Gasteiger partial charge in [-0.1, -0.05) is 24.3 Å². The number of rotatable bonds is 5. The molecule has 0 radical (unpaired) electrons. The molecule has 21 heavy (non-hydrogen) atoms. The van der Waals surface area contributed by atoms with Gasteiger partial charge in [-0.3, -0.25) is 4.79 Å². The van der Waals surface area contributed by atoms with Crippen LogP contribution in [0.15, 0.2) is 24.3 Å². The Morgan fingerprint density at radius 3 is 2.57 bits per heavy atom. The molecule has 0 atom stereocenters. The van der Waals surface area contributed by atoms with Gasteiger partial charge in [-0.15, -0.1) is 0 Å². The van der Waals surface area contributed by atoms with E-state index in [1.165, 1.54) is 0 Å². The average molecular weight is 289 g/mol. The Labute approximate surface area is 125 Å². The van der Waals surface area contributed by atoms with Gasteiger partial charge in [0.1, 0.15) is 0 Å². The van der Waals surface area contributed by atoms with Gasteiger partial charge < -0.3 is 15.5 Å². The molecule has 2 rings (SSSR count). The van der Waals surface area contributed by atoms with E-state index in [0.717, 1.165) is 37.1 Å². The van der Waals surface area contributed by atoms with Crippen molar-refractivity contribution in [2.24, 2.45) is 0 Å². The monoisotopic (exact) mass is 289 g/mol. The first-order valence-corrected chi connectivity index (χ1v) is 7.51. The van der Waals surface area contributed by atoms with E-state index in [9.17, 15) is 9.59 Å². The lowest BCUT2D eigenvalue weighted by molar-refractivity contribution is -0.129. The first-order chi connectivity index (χ1) is 10.2. The van der Waals surface area contributed by atoms with E-state index in [0.29, 0.717) is 19.5 Å². The highest BCUT2D eigenvalue weighted by Crippen LogP contribution is 2.08. The number of hydrogen-bond donors (Lipinski definition) is 2. The predicted molar refractivity (Wildman–Crippen MR) is 81.8 cm³/mol. The number of likely N-dealkylation sites (tertiary alicyclic amines) is 1. The van der Waals surface area contributed by atoms with Crippen LogP contribution >= 0.6 is 0 Å². The van der Waals surface area contributed by atoms with Crippen molar-refractivity contribution >= 4 is 11.9 Å². The summed E-state index contributed by atoms with van der Waals surface area (Å²) in [5.74, 6) is 0.131. The zero-order valence-corrected chi connectivity index (χ0v) is 12.5. The number of nitrogens with one attached hydrogen (secondary N) is 2. The third-order valence-electron chi connectivity index (χ3n) is 3.78. The molecule has 1 aliphatic heterocycles. The summed E-state index contributed by atoms with van der Waals surface area (Å²) >= 11 is 0. The van der Waals surface area contributed by atoms with Crippen LogP contribution in [0.1, 0.15) is 30.4 Å². The Balaban J connectivity index is 1.63. The predicted octanol–water partition coefficient (Wildman–Crippen LogP) is 1.81. The van der Waals surface area contributed by atoms with Gasteiger partial charge in [0.15, 0.2) is 0 Å². The Hall–Kier alpha value is -2.04.